The number of amides is 1. The van der Waals surface area contributed by atoms with Crippen LogP contribution >= 0.6 is 9.24 Å². The summed E-state index contributed by atoms with van der Waals surface area (Å²) in [4.78, 5) is 24.3. The SMILES string of the molecule is CNCCCCC[C@H](NC)C(=O)NCC1CCC(C(=O)CCP)CN1. The average Bonchev–Trinajstić information content (AvgIpc) is 2.63. The fourth-order valence-corrected chi connectivity index (χ4v) is 3.58. The molecule has 1 aliphatic heterocycles. The first kappa shape index (κ1) is 22.5. The van der Waals surface area contributed by atoms with Crippen molar-refractivity contribution in [2.24, 2.45) is 5.92 Å². The van der Waals surface area contributed by atoms with Crippen LogP contribution in [0.15, 0.2) is 0 Å². The highest BCUT2D eigenvalue weighted by Gasteiger charge is 2.25. The van der Waals surface area contributed by atoms with Gasteiger partial charge in [-0.3, -0.25) is 9.59 Å². The van der Waals surface area contributed by atoms with E-state index < -0.39 is 0 Å². The van der Waals surface area contributed by atoms with Gasteiger partial charge in [-0.05, 0) is 52.5 Å². The summed E-state index contributed by atoms with van der Waals surface area (Å²) in [5.74, 6) is 0.591. The topological polar surface area (TPSA) is 82.3 Å². The van der Waals surface area contributed by atoms with Gasteiger partial charge in [0.25, 0.3) is 0 Å². The normalized spacial score (nSPS) is 21.7. The molecule has 25 heavy (non-hydrogen) atoms. The van der Waals surface area contributed by atoms with Crippen LogP contribution < -0.4 is 21.3 Å². The molecule has 0 spiro atoms. The third-order valence-corrected chi connectivity index (χ3v) is 5.26. The molecule has 0 aromatic carbocycles. The van der Waals surface area contributed by atoms with Crippen molar-refractivity contribution >= 4 is 20.9 Å². The molecule has 4 N–H and O–H groups in total. The molecule has 7 heteroatoms. The number of nitrogens with one attached hydrogen (secondary N) is 4. The minimum Gasteiger partial charge on any atom is -0.353 e. The summed E-state index contributed by atoms with van der Waals surface area (Å²) in [6.07, 6.45) is 7.59. The maximum atomic E-state index is 12.3. The lowest BCUT2D eigenvalue weighted by Crippen LogP contribution is -2.50. The van der Waals surface area contributed by atoms with Crippen molar-refractivity contribution in [3.8, 4) is 0 Å². The summed E-state index contributed by atoms with van der Waals surface area (Å²) < 4.78 is 0. The molecule has 146 valence electrons. The highest BCUT2D eigenvalue weighted by molar-refractivity contribution is 7.16. The summed E-state index contributed by atoms with van der Waals surface area (Å²) in [5, 5.41) is 12.7. The maximum absolute atomic E-state index is 12.3. The van der Waals surface area contributed by atoms with Gasteiger partial charge in [0, 0.05) is 31.5 Å². The Kier molecular flexibility index (Phi) is 12.3. The second kappa shape index (κ2) is 13.6. The van der Waals surface area contributed by atoms with Crippen molar-refractivity contribution in [1.29, 1.82) is 0 Å². The Bertz CT molecular complexity index is 387. The van der Waals surface area contributed by atoms with Gasteiger partial charge in [-0.1, -0.05) is 12.8 Å². The van der Waals surface area contributed by atoms with Crippen LogP contribution in [0.5, 0.6) is 0 Å². The molecule has 0 aliphatic carbocycles. The third kappa shape index (κ3) is 9.09. The van der Waals surface area contributed by atoms with E-state index in [0.717, 1.165) is 57.8 Å². The molecule has 1 heterocycles. The van der Waals surface area contributed by atoms with Crippen molar-refractivity contribution in [1.82, 2.24) is 21.3 Å². The number of rotatable bonds is 13. The molecule has 1 amide bonds. The Balaban J connectivity index is 2.21. The number of unbranched alkanes of at least 4 members (excludes halogenated alkanes) is 2. The second-order valence-corrected chi connectivity index (χ2v) is 7.50. The minimum absolute atomic E-state index is 0.0825. The van der Waals surface area contributed by atoms with Gasteiger partial charge in [-0.15, -0.1) is 9.24 Å². The molecule has 1 aliphatic rings. The second-order valence-electron chi connectivity index (χ2n) is 6.92. The zero-order valence-corrected chi connectivity index (χ0v) is 17.1. The molecular weight excluding hydrogens is 335 g/mol. The molecule has 0 bridgehead atoms. The van der Waals surface area contributed by atoms with Crippen LogP contribution in [-0.2, 0) is 9.59 Å². The number of hydrogen-bond acceptors (Lipinski definition) is 5. The van der Waals surface area contributed by atoms with Gasteiger partial charge >= 0.3 is 0 Å². The molecule has 1 rings (SSSR count). The van der Waals surface area contributed by atoms with Gasteiger partial charge in [0.15, 0.2) is 0 Å². The van der Waals surface area contributed by atoms with E-state index in [0.29, 0.717) is 18.7 Å². The fourth-order valence-electron chi connectivity index (χ4n) is 3.29. The lowest BCUT2D eigenvalue weighted by Gasteiger charge is -2.29. The Morgan fingerprint density at radius 2 is 2.00 bits per heavy atom. The fraction of sp³-hybridized carbons (Fsp3) is 0.889. The van der Waals surface area contributed by atoms with Gasteiger partial charge < -0.3 is 21.3 Å². The zero-order chi connectivity index (χ0) is 18.5. The molecule has 3 unspecified atom stereocenters. The Labute approximate surface area is 155 Å². The van der Waals surface area contributed by atoms with Crippen molar-refractivity contribution in [2.75, 3.05) is 39.9 Å². The molecule has 0 aromatic rings. The first-order valence-corrected chi connectivity index (χ1v) is 10.5. The van der Waals surface area contributed by atoms with Crippen LogP contribution in [-0.4, -0.2) is 63.7 Å². The molecule has 4 atom stereocenters. The largest absolute Gasteiger partial charge is 0.353 e. The predicted molar refractivity (Wildman–Crippen MR) is 107 cm³/mol. The van der Waals surface area contributed by atoms with Crippen LogP contribution in [0.2, 0.25) is 0 Å². The smallest absolute Gasteiger partial charge is 0.237 e. The minimum atomic E-state index is -0.116. The number of hydrogen-bond donors (Lipinski definition) is 4. The van der Waals surface area contributed by atoms with Crippen LogP contribution in [0.3, 0.4) is 0 Å². The highest BCUT2D eigenvalue weighted by Crippen LogP contribution is 2.17. The van der Waals surface area contributed by atoms with Crippen LogP contribution in [0, 0.1) is 5.92 Å². The van der Waals surface area contributed by atoms with Crippen molar-refractivity contribution in [3.63, 3.8) is 0 Å². The molecular formula is C18H37N4O2P. The van der Waals surface area contributed by atoms with Crippen molar-refractivity contribution in [2.45, 2.75) is 57.0 Å². The molecule has 6 nitrogen and oxygen atoms in total. The highest BCUT2D eigenvalue weighted by atomic mass is 31.0. The van der Waals surface area contributed by atoms with E-state index in [4.69, 9.17) is 0 Å². The lowest BCUT2D eigenvalue weighted by atomic mass is 9.90. The molecule has 1 fully saturated rings. The number of carbonyl (C=O) groups is 2. The summed E-state index contributed by atoms with van der Waals surface area (Å²) in [6, 6.07) is 0.159. The van der Waals surface area contributed by atoms with E-state index in [-0.39, 0.29) is 23.9 Å². The third-order valence-electron chi connectivity index (χ3n) is 4.97. The van der Waals surface area contributed by atoms with Crippen LogP contribution in [0.1, 0.15) is 44.9 Å². The van der Waals surface area contributed by atoms with Crippen molar-refractivity contribution < 1.29 is 9.59 Å². The van der Waals surface area contributed by atoms with E-state index in [9.17, 15) is 9.59 Å². The summed E-state index contributed by atoms with van der Waals surface area (Å²) in [7, 11) is 6.42. The number of ketones is 1. The Morgan fingerprint density at radius 3 is 2.60 bits per heavy atom. The van der Waals surface area contributed by atoms with E-state index in [1.165, 1.54) is 0 Å². The molecule has 0 radical (unpaired) electrons. The van der Waals surface area contributed by atoms with E-state index in [1.54, 1.807) is 0 Å². The summed E-state index contributed by atoms with van der Waals surface area (Å²) >= 11 is 0. The first-order valence-electron chi connectivity index (χ1n) is 9.68. The van der Waals surface area contributed by atoms with E-state index >= 15 is 0 Å². The van der Waals surface area contributed by atoms with E-state index in [1.807, 2.05) is 14.1 Å². The van der Waals surface area contributed by atoms with Gasteiger partial charge in [-0.25, -0.2) is 0 Å². The first-order chi connectivity index (χ1) is 12.1. The molecule has 0 saturated carbocycles. The maximum Gasteiger partial charge on any atom is 0.237 e. The van der Waals surface area contributed by atoms with Gasteiger partial charge in [0.05, 0.1) is 6.04 Å². The Hall–Kier alpha value is -0.550. The number of likely N-dealkylation sites (N-methyl/N-ethyl adjacent to an activating group) is 1. The number of piperidine rings is 1. The summed E-state index contributed by atoms with van der Waals surface area (Å²) in [5.41, 5.74) is 0. The summed E-state index contributed by atoms with van der Waals surface area (Å²) in [6.45, 7) is 2.41. The zero-order valence-electron chi connectivity index (χ0n) is 15.9. The number of carbonyl (C=O) groups excluding carboxylic acids is 2. The van der Waals surface area contributed by atoms with Crippen LogP contribution in [0.25, 0.3) is 0 Å². The standard InChI is InChI=1S/C18H37N4O2P/c1-19-10-5-3-4-6-16(20-2)18(24)22-13-15-8-7-14(12-21-15)17(23)9-11-25/h14-16,19-21H,3-13,25H2,1-2H3,(H,22,24)/t14?,15?,16-/m0/s1. The lowest BCUT2D eigenvalue weighted by molar-refractivity contribution is -0.124. The van der Waals surface area contributed by atoms with Crippen LogP contribution in [0.4, 0.5) is 0 Å². The van der Waals surface area contributed by atoms with Gasteiger partial charge in [0.2, 0.25) is 5.91 Å². The Morgan fingerprint density at radius 1 is 1.20 bits per heavy atom. The van der Waals surface area contributed by atoms with Gasteiger partial charge in [0.1, 0.15) is 5.78 Å². The predicted octanol–water partition coefficient (Wildman–Crippen LogP) is 0.673. The van der Waals surface area contributed by atoms with Gasteiger partial charge in [-0.2, -0.15) is 0 Å². The monoisotopic (exact) mass is 372 g/mol. The number of Topliss-reactive ketones (excluding diaryl/α,β-unsaturated/α-hetero) is 1. The van der Waals surface area contributed by atoms with Crippen molar-refractivity contribution in [3.05, 3.63) is 0 Å². The average molecular weight is 372 g/mol. The molecule has 1 saturated heterocycles. The molecule has 0 aromatic heterocycles. The van der Waals surface area contributed by atoms with E-state index in [2.05, 4.69) is 30.5 Å². The quantitative estimate of drug-likeness (QED) is 0.282.